The molecule has 2 aromatic heterocycles. The Morgan fingerprint density at radius 3 is 2.68 bits per heavy atom. The molecule has 0 spiro atoms. The van der Waals surface area contributed by atoms with Crippen molar-refractivity contribution in [3.8, 4) is 5.69 Å². The lowest BCUT2D eigenvalue weighted by Crippen LogP contribution is -2.35. The molecule has 4 nitrogen and oxygen atoms in total. The molecular weight excluding hydrogens is 260 g/mol. The van der Waals surface area contributed by atoms with Crippen LogP contribution in [0.15, 0.2) is 24.7 Å². The predicted octanol–water partition coefficient (Wildman–Crippen LogP) is 3.12. The lowest BCUT2D eigenvalue weighted by atomic mass is 10.1. The van der Waals surface area contributed by atoms with E-state index in [0.29, 0.717) is 5.02 Å². The minimum Gasteiger partial charge on any atom is -0.308 e. The number of hydrogen-bond donors (Lipinski definition) is 1. The summed E-state index contributed by atoms with van der Waals surface area (Å²) in [7, 11) is 0. The number of aromatic nitrogens is 3. The van der Waals surface area contributed by atoms with Gasteiger partial charge in [-0.3, -0.25) is 4.98 Å². The summed E-state index contributed by atoms with van der Waals surface area (Å²) >= 11 is 6.06. The third kappa shape index (κ3) is 3.55. The Morgan fingerprint density at radius 1 is 1.37 bits per heavy atom. The standard InChI is InChI=1S/C14H19ClN4/c1-10-12(15)9-19(18-10)13-8-16-6-5-11(13)7-17-14(2,3)4/h5-6,8-9,17H,7H2,1-4H3. The highest BCUT2D eigenvalue weighted by molar-refractivity contribution is 6.31. The van der Waals surface area contributed by atoms with Gasteiger partial charge in [0.05, 0.1) is 22.6 Å². The van der Waals surface area contributed by atoms with Gasteiger partial charge in [0.2, 0.25) is 0 Å². The van der Waals surface area contributed by atoms with Crippen LogP contribution in [0, 0.1) is 6.92 Å². The first kappa shape index (κ1) is 14.0. The minimum absolute atomic E-state index is 0.0677. The van der Waals surface area contributed by atoms with E-state index in [-0.39, 0.29) is 5.54 Å². The van der Waals surface area contributed by atoms with Gasteiger partial charge in [-0.05, 0) is 39.3 Å². The Morgan fingerprint density at radius 2 is 2.11 bits per heavy atom. The van der Waals surface area contributed by atoms with Crippen molar-refractivity contribution in [3.05, 3.63) is 40.9 Å². The first-order chi connectivity index (χ1) is 8.87. The van der Waals surface area contributed by atoms with Crippen LogP contribution in [-0.4, -0.2) is 20.3 Å². The molecule has 102 valence electrons. The van der Waals surface area contributed by atoms with Crippen molar-refractivity contribution in [1.82, 2.24) is 20.1 Å². The van der Waals surface area contributed by atoms with Crippen molar-refractivity contribution in [2.75, 3.05) is 0 Å². The molecule has 0 aromatic carbocycles. The van der Waals surface area contributed by atoms with Crippen LogP contribution in [-0.2, 0) is 6.54 Å². The van der Waals surface area contributed by atoms with Crippen molar-refractivity contribution in [2.24, 2.45) is 0 Å². The maximum atomic E-state index is 6.06. The normalized spacial score (nSPS) is 11.8. The van der Waals surface area contributed by atoms with Crippen molar-refractivity contribution in [3.63, 3.8) is 0 Å². The van der Waals surface area contributed by atoms with Crippen LogP contribution in [0.2, 0.25) is 5.02 Å². The molecular formula is C14H19ClN4. The predicted molar refractivity (Wildman–Crippen MR) is 77.7 cm³/mol. The van der Waals surface area contributed by atoms with Crippen molar-refractivity contribution in [2.45, 2.75) is 39.8 Å². The second kappa shape index (κ2) is 5.31. The Labute approximate surface area is 118 Å². The van der Waals surface area contributed by atoms with Crippen LogP contribution in [0.5, 0.6) is 0 Å². The van der Waals surface area contributed by atoms with E-state index in [1.807, 2.05) is 25.4 Å². The molecule has 0 amide bonds. The van der Waals surface area contributed by atoms with E-state index >= 15 is 0 Å². The van der Waals surface area contributed by atoms with Gasteiger partial charge in [-0.15, -0.1) is 0 Å². The first-order valence-corrected chi connectivity index (χ1v) is 6.65. The Balaban J connectivity index is 2.31. The largest absolute Gasteiger partial charge is 0.308 e. The summed E-state index contributed by atoms with van der Waals surface area (Å²) in [5, 5.41) is 8.54. The molecule has 2 aromatic rings. The zero-order valence-electron chi connectivity index (χ0n) is 11.7. The average Bonchev–Trinajstić information content (AvgIpc) is 2.66. The molecule has 19 heavy (non-hydrogen) atoms. The fraction of sp³-hybridized carbons (Fsp3) is 0.429. The fourth-order valence-corrected chi connectivity index (χ4v) is 1.82. The molecule has 0 saturated carbocycles. The van der Waals surface area contributed by atoms with E-state index in [4.69, 9.17) is 11.6 Å². The van der Waals surface area contributed by atoms with Crippen molar-refractivity contribution in [1.29, 1.82) is 0 Å². The zero-order chi connectivity index (χ0) is 14.0. The van der Waals surface area contributed by atoms with E-state index < -0.39 is 0 Å². The van der Waals surface area contributed by atoms with E-state index in [0.717, 1.165) is 23.5 Å². The lowest BCUT2D eigenvalue weighted by Gasteiger charge is -2.21. The number of rotatable bonds is 3. The van der Waals surface area contributed by atoms with Gasteiger partial charge in [0.15, 0.2) is 0 Å². The van der Waals surface area contributed by atoms with Gasteiger partial charge in [0, 0.05) is 24.5 Å². The molecule has 0 bridgehead atoms. The number of nitrogens with zero attached hydrogens (tertiary/aromatic N) is 3. The van der Waals surface area contributed by atoms with Gasteiger partial charge in [0.25, 0.3) is 0 Å². The van der Waals surface area contributed by atoms with Crippen molar-refractivity contribution < 1.29 is 0 Å². The third-order valence-electron chi connectivity index (χ3n) is 2.78. The molecule has 1 N–H and O–H groups in total. The van der Waals surface area contributed by atoms with Gasteiger partial charge in [-0.1, -0.05) is 11.6 Å². The van der Waals surface area contributed by atoms with Crippen molar-refractivity contribution >= 4 is 11.6 Å². The van der Waals surface area contributed by atoms with Crippen LogP contribution < -0.4 is 5.32 Å². The Kier molecular flexibility index (Phi) is 3.92. The van der Waals surface area contributed by atoms with Gasteiger partial charge in [0.1, 0.15) is 0 Å². The smallest absolute Gasteiger partial charge is 0.0874 e. The molecule has 0 unspecified atom stereocenters. The molecule has 0 aliphatic rings. The lowest BCUT2D eigenvalue weighted by molar-refractivity contribution is 0.423. The molecule has 0 atom stereocenters. The van der Waals surface area contributed by atoms with Gasteiger partial charge in [-0.2, -0.15) is 5.10 Å². The Hall–Kier alpha value is -1.39. The maximum Gasteiger partial charge on any atom is 0.0874 e. The average molecular weight is 279 g/mol. The molecule has 0 aliphatic carbocycles. The second-order valence-electron chi connectivity index (χ2n) is 5.61. The summed E-state index contributed by atoms with van der Waals surface area (Å²) in [6, 6.07) is 2.00. The summed E-state index contributed by atoms with van der Waals surface area (Å²) in [5.74, 6) is 0. The Bertz CT molecular complexity index is 550. The van der Waals surface area contributed by atoms with Crippen LogP contribution in [0.3, 0.4) is 0 Å². The van der Waals surface area contributed by atoms with E-state index in [1.165, 1.54) is 0 Å². The van der Waals surface area contributed by atoms with Crippen LogP contribution in [0.25, 0.3) is 5.69 Å². The number of pyridine rings is 1. The number of nitrogens with one attached hydrogen (secondary N) is 1. The highest BCUT2D eigenvalue weighted by Crippen LogP contribution is 2.19. The summed E-state index contributed by atoms with van der Waals surface area (Å²) < 4.78 is 1.78. The number of hydrogen-bond acceptors (Lipinski definition) is 3. The summed E-state index contributed by atoms with van der Waals surface area (Å²) in [4.78, 5) is 4.17. The van der Waals surface area contributed by atoms with Crippen LogP contribution in [0.4, 0.5) is 0 Å². The maximum absolute atomic E-state index is 6.06. The van der Waals surface area contributed by atoms with Crippen LogP contribution >= 0.6 is 11.6 Å². The third-order valence-corrected chi connectivity index (χ3v) is 3.15. The monoisotopic (exact) mass is 278 g/mol. The van der Waals surface area contributed by atoms with E-state index in [2.05, 4.69) is 36.2 Å². The molecule has 0 fully saturated rings. The van der Waals surface area contributed by atoms with Crippen LogP contribution in [0.1, 0.15) is 32.0 Å². The zero-order valence-corrected chi connectivity index (χ0v) is 12.5. The molecule has 0 saturated heterocycles. The summed E-state index contributed by atoms with van der Waals surface area (Å²) in [6.45, 7) is 9.08. The molecule has 5 heteroatoms. The molecule has 0 aliphatic heterocycles. The van der Waals surface area contributed by atoms with Gasteiger partial charge in [-0.25, -0.2) is 4.68 Å². The SMILES string of the molecule is Cc1nn(-c2cnccc2CNC(C)(C)C)cc1Cl. The first-order valence-electron chi connectivity index (χ1n) is 6.27. The van der Waals surface area contributed by atoms with Gasteiger partial charge < -0.3 is 5.32 Å². The van der Waals surface area contributed by atoms with Gasteiger partial charge >= 0.3 is 0 Å². The summed E-state index contributed by atoms with van der Waals surface area (Å²) in [6.07, 6.45) is 5.41. The summed E-state index contributed by atoms with van der Waals surface area (Å²) in [5.41, 5.74) is 2.98. The second-order valence-corrected chi connectivity index (χ2v) is 6.02. The number of halogens is 1. The highest BCUT2D eigenvalue weighted by atomic mass is 35.5. The molecule has 0 radical (unpaired) electrons. The minimum atomic E-state index is 0.0677. The number of aryl methyl sites for hydroxylation is 1. The molecule has 2 heterocycles. The van der Waals surface area contributed by atoms with E-state index in [1.54, 1.807) is 10.9 Å². The quantitative estimate of drug-likeness (QED) is 0.938. The fourth-order valence-electron chi connectivity index (χ4n) is 1.69. The van der Waals surface area contributed by atoms with E-state index in [9.17, 15) is 0 Å². The topological polar surface area (TPSA) is 42.7 Å². The molecule has 2 rings (SSSR count). The highest BCUT2D eigenvalue weighted by Gasteiger charge is 2.12.